The number of aryl methyl sites for hydroxylation is 1. The highest BCUT2D eigenvalue weighted by molar-refractivity contribution is 9.10. The number of nitrogens with one attached hydrogen (secondary N) is 1. The third-order valence-electron chi connectivity index (χ3n) is 4.93. The summed E-state index contributed by atoms with van der Waals surface area (Å²) in [5, 5.41) is 12.5. The van der Waals surface area contributed by atoms with Gasteiger partial charge in [0, 0.05) is 22.8 Å². The SMILES string of the molecule is Cc1nn(Cc2cccc(C(=O)Nc3ccn(Cc4cccc(Cl)c4)n3)c2)c(C)c1Br. The number of hydrogen-bond acceptors (Lipinski definition) is 3. The molecule has 0 aliphatic carbocycles. The Morgan fingerprint density at radius 3 is 2.48 bits per heavy atom. The second-order valence-electron chi connectivity index (χ2n) is 7.33. The molecule has 4 aromatic rings. The van der Waals surface area contributed by atoms with Crippen molar-refractivity contribution in [2.24, 2.45) is 0 Å². The average Bonchev–Trinajstić information content (AvgIpc) is 3.27. The number of carbonyl (C=O) groups is 1. The minimum atomic E-state index is -0.204. The molecule has 0 saturated carbocycles. The largest absolute Gasteiger partial charge is 0.305 e. The number of halogens is 2. The molecule has 2 aromatic heterocycles. The quantitative estimate of drug-likeness (QED) is 0.384. The highest BCUT2D eigenvalue weighted by Gasteiger charge is 2.12. The number of nitrogens with zero attached hydrogens (tertiary/aromatic N) is 4. The molecule has 1 N–H and O–H groups in total. The molecule has 31 heavy (non-hydrogen) atoms. The van der Waals surface area contributed by atoms with Crippen molar-refractivity contribution in [3.05, 3.63) is 98.4 Å². The average molecular weight is 499 g/mol. The second kappa shape index (κ2) is 9.08. The zero-order valence-electron chi connectivity index (χ0n) is 17.1. The summed E-state index contributed by atoms with van der Waals surface area (Å²) in [6.45, 7) is 5.14. The molecule has 2 heterocycles. The maximum Gasteiger partial charge on any atom is 0.256 e. The minimum absolute atomic E-state index is 0.204. The summed E-state index contributed by atoms with van der Waals surface area (Å²) in [7, 11) is 0. The monoisotopic (exact) mass is 497 g/mol. The molecular formula is C23H21BrClN5O. The lowest BCUT2D eigenvalue weighted by Crippen LogP contribution is -2.13. The Hall–Kier alpha value is -2.90. The van der Waals surface area contributed by atoms with E-state index in [0.717, 1.165) is 27.0 Å². The van der Waals surface area contributed by atoms with Crippen LogP contribution in [-0.4, -0.2) is 25.5 Å². The van der Waals surface area contributed by atoms with Crippen LogP contribution in [0.5, 0.6) is 0 Å². The number of carbonyl (C=O) groups excluding carboxylic acids is 1. The van der Waals surface area contributed by atoms with Crippen molar-refractivity contribution in [1.29, 1.82) is 0 Å². The lowest BCUT2D eigenvalue weighted by Gasteiger charge is -2.08. The Kier molecular flexibility index (Phi) is 6.25. The highest BCUT2D eigenvalue weighted by Crippen LogP contribution is 2.21. The van der Waals surface area contributed by atoms with E-state index in [9.17, 15) is 4.79 Å². The maximum absolute atomic E-state index is 12.7. The van der Waals surface area contributed by atoms with Crippen LogP contribution < -0.4 is 5.32 Å². The zero-order chi connectivity index (χ0) is 22.0. The van der Waals surface area contributed by atoms with Crippen molar-refractivity contribution in [1.82, 2.24) is 19.6 Å². The Morgan fingerprint density at radius 2 is 1.77 bits per heavy atom. The van der Waals surface area contributed by atoms with Gasteiger partial charge in [-0.2, -0.15) is 10.2 Å². The van der Waals surface area contributed by atoms with Crippen LogP contribution in [0.2, 0.25) is 5.02 Å². The smallest absolute Gasteiger partial charge is 0.256 e. The molecule has 0 aliphatic heterocycles. The zero-order valence-corrected chi connectivity index (χ0v) is 19.5. The summed E-state index contributed by atoms with van der Waals surface area (Å²) < 4.78 is 4.70. The van der Waals surface area contributed by atoms with Crippen LogP contribution in [0.25, 0.3) is 0 Å². The summed E-state index contributed by atoms with van der Waals surface area (Å²) in [4.78, 5) is 12.7. The lowest BCUT2D eigenvalue weighted by atomic mass is 10.1. The molecule has 0 unspecified atom stereocenters. The molecule has 4 rings (SSSR count). The van der Waals surface area contributed by atoms with E-state index in [-0.39, 0.29) is 5.91 Å². The molecule has 0 bridgehead atoms. The first-order valence-corrected chi connectivity index (χ1v) is 10.9. The first kappa shape index (κ1) is 21.3. The molecule has 0 aliphatic rings. The van der Waals surface area contributed by atoms with Gasteiger partial charge in [0.25, 0.3) is 5.91 Å². The molecule has 158 valence electrons. The summed E-state index contributed by atoms with van der Waals surface area (Å²) >= 11 is 9.59. The Balaban J connectivity index is 1.44. The fourth-order valence-corrected chi connectivity index (χ4v) is 3.84. The molecule has 0 spiro atoms. The molecule has 2 aromatic carbocycles. The van der Waals surface area contributed by atoms with Crippen LogP contribution in [0.1, 0.15) is 32.9 Å². The molecule has 6 nitrogen and oxygen atoms in total. The first-order valence-electron chi connectivity index (χ1n) is 9.77. The molecule has 1 amide bonds. The number of rotatable bonds is 6. The van der Waals surface area contributed by atoms with E-state index in [4.69, 9.17) is 11.6 Å². The van der Waals surface area contributed by atoms with E-state index in [2.05, 4.69) is 31.4 Å². The number of aromatic nitrogens is 4. The highest BCUT2D eigenvalue weighted by atomic mass is 79.9. The van der Waals surface area contributed by atoms with Crippen LogP contribution in [0.15, 0.2) is 65.3 Å². The third kappa shape index (κ3) is 5.06. The predicted octanol–water partition coefficient (Wildman–Crippen LogP) is 5.46. The van der Waals surface area contributed by atoms with Gasteiger partial charge in [0.1, 0.15) is 0 Å². The summed E-state index contributed by atoms with van der Waals surface area (Å²) in [5.41, 5.74) is 4.61. The van der Waals surface area contributed by atoms with Gasteiger partial charge >= 0.3 is 0 Å². The van der Waals surface area contributed by atoms with Crippen LogP contribution in [0, 0.1) is 13.8 Å². The Morgan fingerprint density at radius 1 is 1.03 bits per heavy atom. The standard InChI is InChI=1S/C23H21BrClN5O/c1-15-22(24)16(2)30(27-15)14-17-5-3-7-19(11-17)23(31)26-21-9-10-29(28-21)13-18-6-4-8-20(25)12-18/h3-12H,13-14H2,1-2H3,(H,26,28,31). The second-order valence-corrected chi connectivity index (χ2v) is 8.55. The van der Waals surface area contributed by atoms with E-state index in [1.54, 1.807) is 16.8 Å². The van der Waals surface area contributed by atoms with Crippen LogP contribution in [0.3, 0.4) is 0 Å². The summed E-state index contributed by atoms with van der Waals surface area (Å²) in [6, 6.07) is 16.9. The molecular weight excluding hydrogens is 478 g/mol. The summed E-state index contributed by atoms with van der Waals surface area (Å²) in [6.07, 6.45) is 1.83. The number of amides is 1. The van der Waals surface area contributed by atoms with Crippen molar-refractivity contribution in [2.45, 2.75) is 26.9 Å². The normalized spacial score (nSPS) is 11.0. The van der Waals surface area contributed by atoms with Gasteiger partial charge in [0.15, 0.2) is 5.82 Å². The van der Waals surface area contributed by atoms with Crippen molar-refractivity contribution in [3.8, 4) is 0 Å². The lowest BCUT2D eigenvalue weighted by molar-refractivity contribution is 0.102. The van der Waals surface area contributed by atoms with Gasteiger partial charge < -0.3 is 5.32 Å². The van der Waals surface area contributed by atoms with Gasteiger partial charge in [0.05, 0.1) is 29.0 Å². The van der Waals surface area contributed by atoms with Crippen molar-refractivity contribution >= 4 is 39.3 Å². The molecule has 0 saturated heterocycles. The van der Waals surface area contributed by atoms with Gasteiger partial charge in [-0.25, -0.2) is 0 Å². The van der Waals surface area contributed by atoms with Gasteiger partial charge in [-0.15, -0.1) is 0 Å². The van der Waals surface area contributed by atoms with Gasteiger partial charge in [-0.1, -0.05) is 35.9 Å². The number of hydrogen-bond donors (Lipinski definition) is 1. The van der Waals surface area contributed by atoms with Crippen LogP contribution in [-0.2, 0) is 13.1 Å². The van der Waals surface area contributed by atoms with Crippen molar-refractivity contribution in [2.75, 3.05) is 5.32 Å². The van der Waals surface area contributed by atoms with Crippen LogP contribution >= 0.6 is 27.5 Å². The van der Waals surface area contributed by atoms with E-state index in [0.29, 0.717) is 29.5 Å². The van der Waals surface area contributed by atoms with E-state index in [1.165, 1.54) is 0 Å². The van der Waals surface area contributed by atoms with Gasteiger partial charge in [-0.3, -0.25) is 14.2 Å². The molecule has 0 fully saturated rings. The minimum Gasteiger partial charge on any atom is -0.305 e. The Labute approximate surface area is 194 Å². The summed E-state index contributed by atoms with van der Waals surface area (Å²) in [5.74, 6) is 0.296. The first-order chi connectivity index (χ1) is 14.9. The molecule has 0 radical (unpaired) electrons. The number of anilines is 1. The van der Waals surface area contributed by atoms with Gasteiger partial charge in [0.2, 0.25) is 0 Å². The number of benzene rings is 2. The topological polar surface area (TPSA) is 64.7 Å². The van der Waals surface area contributed by atoms with Crippen molar-refractivity contribution < 1.29 is 4.79 Å². The van der Waals surface area contributed by atoms with E-state index in [1.807, 2.05) is 67.2 Å². The third-order valence-corrected chi connectivity index (χ3v) is 6.31. The van der Waals surface area contributed by atoms with E-state index < -0.39 is 0 Å². The fourth-order valence-electron chi connectivity index (χ4n) is 3.34. The Bertz CT molecular complexity index is 1250. The van der Waals surface area contributed by atoms with E-state index >= 15 is 0 Å². The molecule has 8 heteroatoms. The van der Waals surface area contributed by atoms with Crippen LogP contribution in [0.4, 0.5) is 5.82 Å². The predicted molar refractivity (Wildman–Crippen MR) is 126 cm³/mol. The maximum atomic E-state index is 12.7. The molecule has 0 atom stereocenters. The fraction of sp³-hybridized carbons (Fsp3) is 0.174. The van der Waals surface area contributed by atoms with Gasteiger partial charge in [-0.05, 0) is 65.2 Å². The van der Waals surface area contributed by atoms with Crippen molar-refractivity contribution in [3.63, 3.8) is 0 Å².